The summed E-state index contributed by atoms with van der Waals surface area (Å²) in [6.45, 7) is 22.6. The molecule has 1 aromatic heterocycles. The molecule has 0 radical (unpaired) electrons. The van der Waals surface area contributed by atoms with Crippen molar-refractivity contribution in [3.8, 4) is 0 Å². The van der Waals surface area contributed by atoms with E-state index in [-0.39, 0.29) is 10.8 Å². The topological polar surface area (TPSA) is 35.5 Å². The van der Waals surface area contributed by atoms with Gasteiger partial charge in [-0.3, -0.25) is 4.52 Å². The van der Waals surface area contributed by atoms with Crippen molar-refractivity contribution in [1.29, 1.82) is 0 Å². The van der Waals surface area contributed by atoms with Crippen molar-refractivity contribution in [2.45, 2.75) is 104 Å². The molecular weight excluding hydrogens is 602 g/mol. The standard InChI is InChI=1S/C41H50O3P2/c1-26-23-32(40(5,6)7)38-36(28(26)3)37-29(4)27(2)24-33(41(8,9)10)39(37)44-46(43-38)42-25-45-34(30-17-13-11-14-18-30)21-22-35(45)31-19-15-12-16-20-31/h11-20,23-24,34-35H,21-22,25H2,1-10H3. The van der Waals surface area contributed by atoms with E-state index in [1.807, 2.05) is 0 Å². The fraction of sp³-hybridized carbons (Fsp3) is 0.415. The maximum atomic E-state index is 7.07. The van der Waals surface area contributed by atoms with Gasteiger partial charge in [-0.25, -0.2) is 0 Å². The van der Waals surface area contributed by atoms with E-state index in [1.165, 1.54) is 57.3 Å². The molecule has 0 aliphatic carbocycles. The molecule has 2 heterocycles. The van der Waals surface area contributed by atoms with Gasteiger partial charge in [0.2, 0.25) is 0 Å². The zero-order chi connectivity index (χ0) is 33.0. The molecule has 6 rings (SSSR count). The van der Waals surface area contributed by atoms with Gasteiger partial charge in [0, 0.05) is 33.2 Å². The fourth-order valence-corrected chi connectivity index (χ4v) is 11.7. The molecule has 1 saturated heterocycles. The molecule has 0 spiro atoms. The molecule has 1 aliphatic heterocycles. The smallest absolute Gasteiger partial charge is 0.387 e. The van der Waals surface area contributed by atoms with E-state index in [2.05, 4.69) is 142 Å². The summed E-state index contributed by atoms with van der Waals surface area (Å²) in [5.41, 5.74) is 12.8. The molecule has 0 N–H and O–H groups in total. The quantitative estimate of drug-likeness (QED) is 0.177. The van der Waals surface area contributed by atoms with E-state index in [0.717, 1.165) is 21.9 Å². The van der Waals surface area contributed by atoms with E-state index < -0.39 is 16.2 Å². The van der Waals surface area contributed by atoms with E-state index >= 15 is 0 Å². The third-order valence-electron chi connectivity index (χ3n) is 9.99. The molecule has 0 bridgehead atoms. The summed E-state index contributed by atoms with van der Waals surface area (Å²) >= 11 is 0. The van der Waals surface area contributed by atoms with Gasteiger partial charge < -0.3 is 8.39 Å². The summed E-state index contributed by atoms with van der Waals surface area (Å²) in [5.74, 6) is 0. The van der Waals surface area contributed by atoms with Crippen LogP contribution >= 0.6 is 16.2 Å². The lowest BCUT2D eigenvalue weighted by Crippen LogP contribution is -2.13. The van der Waals surface area contributed by atoms with E-state index in [9.17, 15) is 0 Å². The molecule has 0 amide bonds. The first kappa shape index (κ1) is 33.1. The Kier molecular flexibility index (Phi) is 9.10. The maximum absolute atomic E-state index is 7.07. The number of benzene rings is 4. The highest BCUT2D eigenvalue weighted by Crippen LogP contribution is 2.70. The predicted octanol–water partition coefficient (Wildman–Crippen LogP) is 13.3. The Morgan fingerprint density at radius 1 is 0.630 bits per heavy atom. The molecular formula is C41H50O3P2. The van der Waals surface area contributed by atoms with Crippen LogP contribution in [-0.2, 0) is 10.8 Å². The van der Waals surface area contributed by atoms with Gasteiger partial charge in [0.05, 0.1) is 6.35 Å². The van der Waals surface area contributed by atoms with Crippen LogP contribution in [0.3, 0.4) is 0 Å². The average molecular weight is 653 g/mol. The Hall–Kier alpha value is -2.83. The van der Waals surface area contributed by atoms with Crippen molar-refractivity contribution in [2.75, 3.05) is 6.35 Å². The number of rotatable bonds is 5. The Morgan fingerprint density at radius 2 is 1.02 bits per heavy atom. The minimum atomic E-state index is -1.72. The van der Waals surface area contributed by atoms with Gasteiger partial charge in [-0.2, -0.15) is 0 Å². The second-order valence-corrected chi connectivity index (χ2v) is 18.9. The third kappa shape index (κ3) is 6.24. The molecule has 242 valence electrons. The molecule has 2 atom stereocenters. The predicted molar refractivity (Wildman–Crippen MR) is 199 cm³/mol. The zero-order valence-electron chi connectivity index (χ0n) is 29.3. The maximum Gasteiger partial charge on any atom is 0.387 e. The van der Waals surface area contributed by atoms with Crippen molar-refractivity contribution in [1.82, 2.24) is 0 Å². The molecule has 5 aromatic rings. The lowest BCUT2D eigenvalue weighted by Gasteiger charge is -2.26. The second-order valence-electron chi connectivity index (χ2n) is 15.2. The molecule has 1 aliphatic rings. The van der Waals surface area contributed by atoms with Crippen molar-refractivity contribution in [3.63, 3.8) is 0 Å². The highest BCUT2D eigenvalue weighted by Gasteiger charge is 2.38. The highest BCUT2D eigenvalue weighted by molar-refractivity contribution is 7.59. The van der Waals surface area contributed by atoms with Crippen LogP contribution in [0.4, 0.5) is 0 Å². The van der Waals surface area contributed by atoms with Crippen LogP contribution < -0.4 is 4.52 Å². The summed E-state index contributed by atoms with van der Waals surface area (Å²) in [4.78, 5) is 0. The molecule has 0 saturated carbocycles. The Labute approximate surface area is 278 Å². The minimum Gasteiger partial charge on any atom is -0.399 e. The molecule has 46 heavy (non-hydrogen) atoms. The largest absolute Gasteiger partial charge is 0.399 e. The van der Waals surface area contributed by atoms with Gasteiger partial charge in [0.1, 0.15) is 11.2 Å². The summed E-state index contributed by atoms with van der Waals surface area (Å²) in [6.07, 6.45) is 2.97. The lowest BCUT2D eigenvalue weighted by molar-refractivity contribution is 0.429. The number of aryl methyl sites for hydroxylation is 4. The van der Waals surface area contributed by atoms with Crippen LogP contribution in [0.15, 0.2) is 81.2 Å². The normalized spacial score (nSPS) is 18.9. The van der Waals surface area contributed by atoms with Crippen molar-refractivity contribution in [2.24, 2.45) is 0 Å². The number of hydrogen-bond acceptors (Lipinski definition) is 3. The molecule has 5 heteroatoms. The van der Waals surface area contributed by atoms with Crippen LogP contribution in [0.25, 0.3) is 21.9 Å². The lowest BCUT2D eigenvalue weighted by atomic mass is 9.81. The van der Waals surface area contributed by atoms with Gasteiger partial charge in [-0.1, -0.05) is 122 Å². The van der Waals surface area contributed by atoms with Gasteiger partial charge in [-0.15, -0.1) is 0 Å². The molecule has 3 nitrogen and oxygen atoms in total. The Bertz CT molecular complexity index is 1780. The van der Waals surface area contributed by atoms with E-state index in [1.54, 1.807) is 0 Å². The van der Waals surface area contributed by atoms with E-state index in [0.29, 0.717) is 17.7 Å². The second kappa shape index (κ2) is 12.6. The van der Waals surface area contributed by atoms with Crippen LogP contribution in [0, 0.1) is 27.7 Å². The van der Waals surface area contributed by atoms with Gasteiger partial charge in [0.15, 0.2) is 0 Å². The Morgan fingerprint density at radius 3 is 1.39 bits per heavy atom. The first-order chi connectivity index (χ1) is 21.8. The minimum absolute atomic E-state index is 0.120. The molecule has 2 unspecified atom stereocenters. The van der Waals surface area contributed by atoms with Crippen molar-refractivity contribution in [3.05, 3.63) is 117 Å². The first-order valence-corrected chi connectivity index (χ1v) is 19.5. The van der Waals surface area contributed by atoms with E-state index in [4.69, 9.17) is 12.9 Å². The van der Waals surface area contributed by atoms with Crippen LogP contribution in [-0.4, -0.2) is 6.35 Å². The van der Waals surface area contributed by atoms with Crippen molar-refractivity contribution >= 4 is 38.1 Å². The van der Waals surface area contributed by atoms with Crippen LogP contribution in [0.5, 0.6) is 0 Å². The first-order valence-electron chi connectivity index (χ1n) is 16.7. The summed E-state index contributed by atoms with van der Waals surface area (Å²) in [7, 11) is -2.26. The highest BCUT2D eigenvalue weighted by atomic mass is 31.1. The average Bonchev–Trinajstić information content (AvgIpc) is 3.35. The molecule has 4 aromatic carbocycles. The third-order valence-corrected chi connectivity index (χ3v) is 14.3. The van der Waals surface area contributed by atoms with Crippen LogP contribution in [0.1, 0.15) is 110 Å². The fourth-order valence-electron chi connectivity index (χ4n) is 7.14. The summed E-state index contributed by atoms with van der Waals surface area (Å²) in [5, 5.41) is 2.33. The van der Waals surface area contributed by atoms with Crippen molar-refractivity contribution < 1.29 is 12.9 Å². The SMILES string of the molecule is Cc1cc(C(C)(C)C)c2op(OCP3C(c4ccccc4)CCC3c3ccccc3)oc3c(C(C)(C)C)cc(C)c(C)c3c2c1C. The monoisotopic (exact) mass is 652 g/mol. The summed E-state index contributed by atoms with van der Waals surface area (Å²) < 4.78 is 21.1. The zero-order valence-corrected chi connectivity index (χ0v) is 31.1. The van der Waals surface area contributed by atoms with Gasteiger partial charge in [0.25, 0.3) is 0 Å². The van der Waals surface area contributed by atoms with Crippen LogP contribution in [0.2, 0.25) is 0 Å². The van der Waals surface area contributed by atoms with Gasteiger partial charge in [-0.05, 0) is 84.7 Å². The Balaban J connectivity index is 1.59. The summed E-state index contributed by atoms with van der Waals surface area (Å²) in [6, 6.07) is 26.7. The molecule has 1 fully saturated rings. The number of hydrogen-bond donors (Lipinski definition) is 0. The number of fused-ring (bicyclic) bond motifs is 3. The van der Waals surface area contributed by atoms with Gasteiger partial charge >= 0.3 is 8.24 Å².